The van der Waals surface area contributed by atoms with Crippen molar-refractivity contribution < 1.29 is 9.84 Å². The molecule has 0 amide bonds. The van der Waals surface area contributed by atoms with Gasteiger partial charge in [-0.2, -0.15) is 4.98 Å². The number of hydrogen-bond donors (Lipinski definition) is 3. The number of H-pyrrole nitrogens is 1. The van der Waals surface area contributed by atoms with Crippen molar-refractivity contribution >= 4 is 11.2 Å². The zero-order chi connectivity index (χ0) is 16.8. The summed E-state index contributed by atoms with van der Waals surface area (Å²) >= 11 is 0. The molecular weight excluding hydrogens is 304 g/mol. The minimum Gasteiger partial charge on any atom is -0.481 e. The molecule has 6 nitrogen and oxygen atoms in total. The lowest BCUT2D eigenvalue weighted by Crippen LogP contribution is -2.22. The third-order valence-corrected chi connectivity index (χ3v) is 3.95. The Morgan fingerprint density at radius 2 is 2.00 bits per heavy atom. The monoisotopic (exact) mass is 326 g/mol. The maximum Gasteiger partial charge on any atom is 0.215 e. The van der Waals surface area contributed by atoms with Crippen molar-refractivity contribution in [2.24, 2.45) is 0 Å². The molecule has 6 heteroatoms. The van der Waals surface area contributed by atoms with Crippen LogP contribution in [0, 0.1) is 0 Å². The van der Waals surface area contributed by atoms with E-state index < -0.39 is 0 Å². The summed E-state index contributed by atoms with van der Waals surface area (Å²) in [6.45, 7) is 0.795. The minimum absolute atomic E-state index is 0.175. The number of rotatable bonds is 8. The van der Waals surface area contributed by atoms with Crippen molar-refractivity contribution in [1.82, 2.24) is 20.3 Å². The van der Waals surface area contributed by atoms with Gasteiger partial charge in [-0.25, -0.2) is 4.98 Å². The summed E-state index contributed by atoms with van der Waals surface area (Å²) in [5.74, 6) is 1.38. The van der Waals surface area contributed by atoms with Crippen LogP contribution in [-0.4, -0.2) is 33.8 Å². The molecular formula is C18H22N4O2. The average molecular weight is 326 g/mol. The molecule has 0 radical (unpaired) electrons. The van der Waals surface area contributed by atoms with Gasteiger partial charge in [-0.1, -0.05) is 30.3 Å². The molecule has 126 valence electrons. The van der Waals surface area contributed by atoms with Crippen molar-refractivity contribution in [2.45, 2.75) is 25.4 Å². The summed E-state index contributed by atoms with van der Waals surface area (Å²) in [6.07, 6.45) is 1.62. The quantitative estimate of drug-likeness (QED) is 0.592. The number of nitrogens with one attached hydrogen (secondary N) is 2. The van der Waals surface area contributed by atoms with E-state index in [0.717, 1.165) is 24.2 Å². The molecule has 24 heavy (non-hydrogen) atoms. The zero-order valence-electron chi connectivity index (χ0n) is 13.7. The molecule has 0 aliphatic carbocycles. The van der Waals surface area contributed by atoms with E-state index in [9.17, 15) is 0 Å². The molecule has 2 heterocycles. The lowest BCUT2D eigenvalue weighted by Gasteiger charge is -2.18. The molecule has 3 rings (SSSR count). The van der Waals surface area contributed by atoms with Gasteiger partial charge in [0.2, 0.25) is 5.88 Å². The van der Waals surface area contributed by atoms with Gasteiger partial charge >= 0.3 is 0 Å². The van der Waals surface area contributed by atoms with E-state index in [4.69, 9.17) is 9.84 Å². The molecule has 3 N–H and O–H groups in total. The standard InChI is InChI=1S/C18H22N4O2/c1-24-17-10-9-15-18(22-17)21-16(20-15)12-19-14(8-5-11-23)13-6-3-2-4-7-13/h2-4,6-7,9-10,14,19,23H,5,8,11-12H2,1H3,(H,20,21,22). The molecule has 1 atom stereocenters. The van der Waals surface area contributed by atoms with Crippen molar-refractivity contribution in [1.29, 1.82) is 0 Å². The van der Waals surface area contributed by atoms with Crippen LogP contribution in [0.4, 0.5) is 0 Å². The maximum atomic E-state index is 9.13. The number of methoxy groups -OCH3 is 1. The molecule has 0 spiro atoms. The van der Waals surface area contributed by atoms with E-state index in [2.05, 4.69) is 32.4 Å². The van der Waals surface area contributed by atoms with Crippen LogP contribution in [0.2, 0.25) is 0 Å². The number of imidazole rings is 1. The highest BCUT2D eigenvalue weighted by atomic mass is 16.5. The smallest absolute Gasteiger partial charge is 0.215 e. The molecule has 0 saturated heterocycles. The first-order chi connectivity index (χ1) is 11.8. The highest BCUT2D eigenvalue weighted by Gasteiger charge is 2.12. The largest absolute Gasteiger partial charge is 0.481 e. The molecule has 0 fully saturated rings. The summed E-state index contributed by atoms with van der Waals surface area (Å²) in [5, 5.41) is 12.6. The van der Waals surface area contributed by atoms with E-state index in [-0.39, 0.29) is 12.6 Å². The van der Waals surface area contributed by atoms with E-state index in [0.29, 0.717) is 18.1 Å². The van der Waals surface area contributed by atoms with Crippen LogP contribution < -0.4 is 10.1 Å². The van der Waals surface area contributed by atoms with Crippen molar-refractivity contribution in [2.75, 3.05) is 13.7 Å². The van der Waals surface area contributed by atoms with Crippen LogP contribution >= 0.6 is 0 Å². The summed E-state index contributed by atoms with van der Waals surface area (Å²) in [7, 11) is 1.59. The van der Waals surface area contributed by atoms with Gasteiger partial charge in [0.25, 0.3) is 0 Å². The van der Waals surface area contributed by atoms with Gasteiger partial charge in [0.15, 0.2) is 5.65 Å². The van der Waals surface area contributed by atoms with Crippen molar-refractivity contribution in [3.05, 3.63) is 53.9 Å². The lowest BCUT2D eigenvalue weighted by molar-refractivity contribution is 0.274. The zero-order valence-corrected chi connectivity index (χ0v) is 13.7. The number of aliphatic hydroxyl groups is 1. The predicted molar refractivity (Wildman–Crippen MR) is 92.8 cm³/mol. The fourth-order valence-corrected chi connectivity index (χ4v) is 2.71. The summed E-state index contributed by atoms with van der Waals surface area (Å²) < 4.78 is 5.13. The van der Waals surface area contributed by atoms with Gasteiger partial charge in [-0.15, -0.1) is 0 Å². The SMILES string of the molecule is COc1ccc2[nH]c(CNC(CCCO)c3ccccc3)nc2n1. The number of nitrogens with zero attached hydrogens (tertiary/aromatic N) is 2. The van der Waals surface area contributed by atoms with Crippen molar-refractivity contribution in [3.8, 4) is 5.88 Å². The third-order valence-electron chi connectivity index (χ3n) is 3.95. The number of benzene rings is 1. The van der Waals surface area contributed by atoms with E-state index >= 15 is 0 Å². The first-order valence-corrected chi connectivity index (χ1v) is 8.09. The first kappa shape index (κ1) is 16.4. The Bertz CT molecular complexity index is 773. The second kappa shape index (κ2) is 7.90. The van der Waals surface area contributed by atoms with E-state index in [1.807, 2.05) is 30.3 Å². The Hall–Kier alpha value is -2.44. The van der Waals surface area contributed by atoms with E-state index in [1.165, 1.54) is 5.56 Å². The Kier molecular flexibility index (Phi) is 5.40. The lowest BCUT2D eigenvalue weighted by atomic mass is 10.0. The number of fused-ring (bicyclic) bond motifs is 1. The van der Waals surface area contributed by atoms with Crippen LogP contribution in [0.3, 0.4) is 0 Å². The molecule has 0 bridgehead atoms. The third kappa shape index (κ3) is 3.90. The topological polar surface area (TPSA) is 83.1 Å². The Morgan fingerprint density at radius 3 is 2.75 bits per heavy atom. The number of aliphatic hydroxyl groups excluding tert-OH is 1. The number of pyridine rings is 1. The normalized spacial score (nSPS) is 12.4. The van der Waals surface area contributed by atoms with E-state index in [1.54, 1.807) is 7.11 Å². The maximum absolute atomic E-state index is 9.13. The molecule has 0 saturated carbocycles. The number of aromatic nitrogens is 3. The fourth-order valence-electron chi connectivity index (χ4n) is 2.71. The van der Waals surface area contributed by atoms with Crippen molar-refractivity contribution in [3.63, 3.8) is 0 Å². The van der Waals surface area contributed by atoms with Gasteiger partial charge in [0, 0.05) is 18.7 Å². The second-order valence-electron chi connectivity index (χ2n) is 5.62. The van der Waals surface area contributed by atoms with Gasteiger partial charge in [0.05, 0.1) is 19.2 Å². The van der Waals surface area contributed by atoms with Crippen LogP contribution in [0.5, 0.6) is 5.88 Å². The molecule has 1 unspecified atom stereocenters. The number of ether oxygens (including phenoxy) is 1. The molecule has 2 aromatic heterocycles. The van der Waals surface area contributed by atoms with Crippen LogP contribution in [0.25, 0.3) is 11.2 Å². The van der Waals surface area contributed by atoms with Crippen LogP contribution in [-0.2, 0) is 6.54 Å². The van der Waals surface area contributed by atoms with Crippen LogP contribution in [0.15, 0.2) is 42.5 Å². The molecule has 3 aromatic rings. The molecule has 0 aliphatic heterocycles. The summed E-state index contributed by atoms with van der Waals surface area (Å²) in [4.78, 5) is 12.1. The summed E-state index contributed by atoms with van der Waals surface area (Å²) in [5.41, 5.74) is 2.75. The average Bonchev–Trinajstić information content (AvgIpc) is 3.04. The minimum atomic E-state index is 0.175. The first-order valence-electron chi connectivity index (χ1n) is 8.09. The second-order valence-corrected chi connectivity index (χ2v) is 5.62. The molecule has 0 aliphatic rings. The van der Waals surface area contributed by atoms with Gasteiger partial charge in [0.1, 0.15) is 5.82 Å². The molecule has 1 aromatic carbocycles. The van der Waals surface area contributed by atoms with Gasteiger partial charge in [-0.05, 0) is 24.5 Å². The Balaban J connectivity index is 1.71. The number of hydrogen-bond acceptors (Lipinski definition) is 5. The Labute approximate surface area is 140 Å². The highest BCUT2D eigenvalue weighted by molar-refractivity contribution is 5.71. The van der Waals surface area contributed by atoms with Gasteiger partial charge in [-0.3, -0.25) is 0 Å². The predicted octanol–water partition coefficient (Wildman–Crippen LogP) is 2.57. The van der Waals surface area contributed by atoms with Gasteiger partial charge < -0.3 is 20.1 Å². The Morgan fingerprint density at radius 1 is 1.17 bits per heavy atom. The van der Waals surface area contributed by atoms with Crippen LogP contribution in [0.1, 0.15) is 30.3 Å². The summed E-state index contributed by atoms with van der Waals surface area (Å²) in [6, 6.07) is 14.2. The highest BCUT2D eigenvalue weighted by Crippen LogP contribution is 2.19. The number of aromatic amines is 1. The fraction of sp³-hybridized carbons (Fsp3) is 0.333.